The number of nitriles is 1. The second-order valence-corrected chi connectivity index (χ2v) is 5.42. The zero-order valence-electron chi connectivity index (χ0n) is 12.1. The fourth-order valence-electron chi connectivity index (χ4n) is 1.46. The molecule has 0 aromatic heterocycles. The minimum Gasteiger partial charge on any atom is -0.458 e. The first-order valence-corrected chi connectivity index (χ1v) is 6.27. The van der Waals surface area contributed by atoms with Crippen LogP contribution >= 0.6 is 0 Å². The predicted octanol–water partition coefficient (Wildman–Crippen LogP) is 2.02. The third kappa shape index (κ3) is 4.73. The molecule has 1 amide bonds. The van der Waals surface area contributed by atoms with Crippen LogP contribution in [0.2, 0.25) is 0 Å². The molecule has 1 N–H and O–H groups in total. The first-order valence-electron chi connectivity index (χ1n) is 6.27. The van der Waals surface area contributed by atoms with Crippen molar-refractivity contribution in [2.45, 2.75) is 39.3 Å². The normalized spacial score (nSPS) is 12.2. The quantitative estimate of drug-likeness (QED) is 0.855. The fraction of sp³-hybridized carbons (Fsp3) is 0.400. The van der Waals surface area contributed by atoms with Crippen molar-refractivity contribution in [2.24, 2.45) is 0 Å². The van der Waals surface area contributed by atoms with Crippen LogP contribution in [0, 0.1) is 11.3 Å². The van der Waals surface area contributed by atoms with Gasteiger partial charge in [-0.3, -0.25) is 4.79 Å². The lowest BCUT2D eigenvalue weighted by molar-refractivity contribution is -0.156. The van der Waals surface area contributed by atoms with Gasteiger partial charge in [0.15, 0.2) is 0 Å². The van der Waals surface area contributed by atoms with E-state index in [1.807, 2.05) is 6.07 Å². The molecule has 1 atom stereocenters. The van der Waals surface area contributed by atoms with Gasteiger partial charge >= 0.3 is 5.97 Å². The minimum atomic E-state index is -0.757. The summed E-state index contributed by atoms with van der Waals surface area (Å²) in [6.45, 7) is 6.83. The van der Waals surface area contributed by atoms with Crippen LogP contribution in [0.3, 0.4) is 0 Å². The van der Waals surface area contributed by atoms with E-state index in [4.69, 9.17) is 10.00 Å². The van der Waals surface area contributed by atoms with Crippen molar-refractivity contribution in [2.75, 3.05) is 0 Å². The fourth-order valence-corrected chi connectivity index (χ4v) is 1.46. The minimum absolute atomic E-state index is 0.333. The van der Waals surface area contributed by atoms with Crippen molar-refractivity contribution in [3.63, 3.8) is 0 Å². The molecule has 0 spiro atoms. The smallest absolute Gasteiger partial charge is 0.328 e. The first kappa shape index (κ1) is 15.7. The Bertz CT molecular complexity index is 553. The third-order valence-corrected chi connectivity index (χ3v) is 2.36. The van der Waals surface area contributed by atoms with E-state index in [-0.39, 0.29) is 0 Å². The van der Waals surface area contributed by atoms with Crippen molar-refractivity contribution in [3.8, 4) is 6.07 Å². The molecule has 1 rings (SSSR count). The number of nitrogens with zero attached hydrogens (tertiary/aromatic N) is 1. The van der Waals surface area contributed by atoms with Crippen LogP contribution in [-0.2, 0) is 9.53 Å². The highest BCUT2D eigenvalue weighted by atomic mass is 16.6. The molecule has 1 aromatic carbocycles. The predicted molar refractivity (Wildman–Crippen MR) is 73.9 cm³/mol. The van der Waals surface area contributed by atoms with Gasteiger partial charge in [0.2, 0.25) is 0 Å². The molecule has 0 bridgehead atoms. The summed E-state index contributed by atoms with van der Waals surface area (Å²) in [5.41, 5.74) is 0.124. The Morgan fingerprint density at radius 3 is 2.55 bits per heavy atom. The summed E-state index contributed by atoms with van der Waals surface area (Å²) in [4.78, 5) is 23.7. The van der Waals surface area contributed by atoms with Crippen LogP contribution in [0.15, 0.2) is 24.3 Å². The van der Waals surface area contributed by atoms with E-state index in [9.17, 15) is 9.59 Å². The van der Waals surface area contributed by atoms with Crippen LogP contribution in [0.1, 0.15) is 43.6 Å². The van der Waals surface area contributed by atoms with Gasteiger partial charge in [0.05, 0.1) is 11.6 Å². The maximum Gasteiger partial charge on any atom is 0.328 e. The lowest BCUT2D eigenvalue weighted by atomic mass is 10.1. The molecule has 5 heteroatoms. The summed E-state index contributed by atoms with van der Waals surface area (Å²) in [5.74, 6) is -0.914. The summed E-state index contributed by atoms with van der Waals surface area (Å²) in [6, 6.07) is 7.47. The van der Waals surface area contributed by atoms with Crippen LogP contribution in [-0.4, -0.2) is 23.5 Å². The van der Waals surface area contributed by atoms with Crippen molar-refractivity contribution in [1.82, 2.24) is 5.32 Å². The number of amides is 1. The average molecular weight is 274 g/mol. The summed E-state index contributed by atoms with van der Waals surface area (Å²) in [6.07, 6.45) is 0. The number of benzene rings is 1. The Kier molecular flexibility index (Phi) is 4.87. The lowest BCUT2D eigenvalue weighted by Crippen LogP contribution is -2.42. The number of ether oxygens (including phenoxy) is 1. The van der Waals surface area contributed by atoms with Gasteiger partial charge in [-0.15, -0.1) is 0 Å². The molecule has 0 saturated heterocycles. The van der Waals surface area contributed by atoms with Gasteiger partial charge < -0.3 is 10.1 Å². The SMILES string of the molecule is C[C@@H](NC(=O)c1cccc(C#N)c1)C(=O)OC(C)(C)C. The van der Waals surface area contributed by atoms with E-state index < -0.39 is 23.5 Å². The number of carbonyl (C=O) groups is 2. The average Bonchev–Trinajstić information content (AvgIpc) is 2.36. The number of hydrogen-bond donors (Lipinski definition) is 1. The summed E-state index contributed by atoms with van der Waals surface area (Å²) in [5, 5.41) is 11.3. The van der Waals surface area contributed by atoms with Gasteiger partial charge in [-0.05, 0) is 45.9 Å². The van der Waals surface area contributed by atoms with Gasteiger partial charge in [-0.1, -0.05) is 6.07 Å². The van der Waals surface area contributed by atoms with Crippen molar-refractivity contribution >= 4 is 11.9 Å². The van der Waals surface area contributed by atoms with Gasteiger partial charge in [-0.2, -0.15) is 5.26 Å². The number of nitrogens with one attached hydrogen (secondary N) is 1. The molecule has 0 saturated carbocycles. The molecule has 0 aliphatic heterocycles. The highest BCUT2D eigenvalue weighted by Crippen LogP contribution is 2.09. The molecular formula is C15H18N2O3. The van der Waals surface area contributed by atoms with E-state index in [0.29, 0.717) is 11.1 Å². The number of esters is 1. The Hall–Kier alpha value is -2.35. The Morgan fingerprint density at radius 1 is 1.35 bits per heavy atom. The molecular weight excluding hydrogens is 256 g/mol. The molecule has 0 fully saturated rings. The largest absolute Gasteiger partial charge is 0.458 e. The molecule has 0 unspecified atom stereocenters. The molecule has 0 heterocycles. The molecule has 106 valence electrons. The second-order valence-electron chi connectivity index (χ2n) is 5.42. The highest BCUT2D eigenvalue weighted by Gasteiger charge is 2.23. The van der Waals surface area contributed by atoms with Crippen LogP contribution < -0.4 is 5.32 Å². The Balaban J connectivity index is 2.70. The van der Waals surface area contributed by atoms with E-state index in [0.717, 1.165) is 0 Å². The van der Waals surface area contributed by atoms with Crippen molar-refractivity contribution < 1.29 is 14.3 Å². The first-order chi connectivity index (χ1) is 9.23. The van der Waals surface area contributed by atoms with E-state index >= 15 is 0 Å². The van der Waals surface area contributed by atoms with Crippen LogP contribution in [0.5, 0.6) is 0 Å². The zero-order valence-corrected chi connectivity index (χ0v) is 12.1. The molecule has 0 aliphatic carbocycles. The van der Waals surface area contributed by atoms with Gasteiger partial charge in [0.1, 0.15) is 11.6 Å². The third-order valence-electron chi connectivity index (χ3n) is 2.36. The lowest BCUT2D eigenvalue weighted by Gasteiger charge is -2.22. The number of carbonyl (C=O) groups excluding carboxylic acids is 2. The van der Waals surface area contributed by atoms with E-state index in [1.54, 1.807) is 45.9 Å². The van der Waals surface area contributed by atoms with E-state index in [1.165, 1.54) is 6.07 Å². The van der Waals surface area contributed by atoms with Gasteiger partial charge in [0.25, 0.3) is 5.91 Å². The highest BCUT2D eigenvalue weighted by molar-refractivity contribution is 5.97. The maximum atomic E-state index is 12.0. The van der Waals surface area contributed by atoms with Gasteiger partial charge in [0, 0.05) is 5.56 Å². The van der Waals surface area contributed by atoms with Gasteiger partial charge in [-0.25, -0.2) is 4.79 Å². The van der Waals surface area contributed by atoms with Crippen LogP contribution in [0.4, 0.5) is 0 Å². The molecule has 0 radical (unpaired) electrons. The van der Waals surface area contributed by atoms with Crippen molar-refractivity contribution in [1.29, 1.82) is 5.26 Å². The maximum absolute atomic E-state index is 12.0. The zero-order chi connectivity index (χ0) is 15.3. The molecule has 5 nitrogen and oxygen atoms in total. The monoisotopic (exact) mass is 274 g/mol. The Morgan fingerprint density at radius 2 is 2.00 bits per heavy atom. The Labute approximate surface area is 118 Å². The second kappa shape index (κ2) is 6.20. The summed E-state index contributed by atoms with van der Waals surface area (Å²) in [7, 11) is 0. The van der Waals surface area contributed by atoms with Crippen LogP contribution in [0.25, 0.3) is 0 Å². The molecule has 0 aliphatic rings. The van der Waals surface area contributed by atoms with Crippen molar-refractivity contribution in [3.05, 3.63) is 35.4 Å². The molecule has 1 aromatic rings. The summed E-state index contributed by atoms with van der Waals surface area (Å²) >= 11 is 0. The van der Waals surface area contributed by atoms with E-state index in [2.05, 4.69) is 5.32 Å². The topological polar surface area (TPSA) is 79.2 Å². The molecule has 20 heavy (non-hydrogen) atoms. The summed E-state index contributed by atoms with van der Waals surface area (Å²) < 4.78 is 5.18. The number of hydrogen-bond acceptors (Lipinski definition) is 4. The standard InChI is InChI=1S/C15H18N2O3/c1-10(14(19)20-15(2,3)4)17-13(18)12-7-5-6-11(8-12)9-16/h5-8,10H,1-4H3,(H,17,18)/t10-/m1/s1. The number of rotatable bonds is 3.